The van der Waals surface area contributed by atoms with Crippen LogP contribution in [0.25, 0.3) is 10.2 Å². The van der Waals surface area contributed by atoms with Gasteiger partial charge in [-0.05, 0) is 50.1 Å². The number of benzene rings is 2. The van der Waals surface area contributed by atoms with E-state index >= 15 is 0 Å². The molecule has 7 nitrogen and oxygen atoms in total. The normalized spacial score (nSPS) is 12.3. The van der Waals surface area contributed by atoms with Gasteiger partial charge in [-0.25, -0.2) is 8.42 Å². The Morgan fingerprint density at radius 1 is 1.13 bits per heavy atom. The topological polar surface area (TPSA) is 94.8 Å². The number of rotatable bonds is 6. The average molecular weight is 461 g/mol. The molecule has 0 bridgehead atoms. The van der Waals surface area contributed by atoms with Crippen LogP contribution in [0.3, 0.4) is 0 Å². The summed E-state index contributed by atoms with van der Waals surface area (Å²) in [5.74, 6) is -0.808. The summed E-state index contributed by atoms with van der Waals surface area (Å²) in [6.45, 7) is 5.76. The van der Waals surface area contributed by atoms with Crippen LogP contribution in [0.2, 0.25) is 0 Å². The Labute approximate surface area is 184 Å². The van der Waals surface area contributed by atoms with Crippen LogP contribution >= 0.6 is 11.3 Å². The van der Waals surface area contributed by atoms with E-state index in [0.717, 1.165) is 34.3 Å². The minimum Gasteiger partial charge on any atom is -0.465 e. The van der Waals surface area contributed by atoms with Crippen molar-refractivity contribution in [1.82, 2.24) is 4.57 Å². The Bertz CT molecular complexity index is 1330. The number of carbonyl (C=O) groups excluding carboxylic acids is 2. The maximum atomic E-state index is 12.7. The fourth-order valence-electron chi connectivity index (χ4n) is 3.21. The van der Waals surface area contributed by atoms with Gasteiger partial charge in [0.25, 0.3) is 5.91 Å². The summed E-state index contributed by atoms with van der Waals surface area (Å²) in [5, 5.41) is 0. The zero-order valence-electron chi connectivity index (χ0n) is 17.8. The van der Waals surface area contributed by atoms with E-state index in [9.17, 15) is 18.0 Å². The Morgan fingerprint density at radius 2 is 1.87 bits per heavy atom. The lowest BCUT2D eigenvalue weighted by Crippen LogP contribution is -2.23. The SMILES string of the molecule is CCOC(=O)Cn1c(=NC(=O)Cc2ccc(C)cc2C)sc2cc(S(C)(=O)=O)ccc21. The van der Waals surface area contributed by atoms with E-state index in [0.29, 0.717) is 15.0 Å². The van der Waals surface area contributed by atoms with Crippen molar-refractivity contribution in [2.75, 3.05) is 12.9 Å². The third-order valence-electron chi connectivity index (χ3n) is 4.74. The summed E-state index contributed by atoms with van der Waals surface area (Å²) < 4.78 is 31.1. The van der Waals surface area contributed by atoms with E-state index in [-0.39, 0.29) is 30.4 Å². The highest BCUT2D eigenvalue weighted by Crippen LogP contribution is 2.22. The van der Waals surface area contributed by atoms with Crippen LogP contribution in [-0.4, -0.2) is 37.7 Å². The first-order valence-electron chi connectivity index (χ1n) is 9.71. The van der Waals surface area contributed by atoms with E-state index in [1.807, 2.05) is 32.0 Å². The standard InChI is InChI=1S/C22H24N2O5S2/c1-5-29-21(26)13-24-18-9-8-17(31(4,27)28)12-19(18)30-22(24)23-20(25)11-16-7-6-14(2)10-15(16)3/h6-10,12H,5,11,13H2,1-4H3. The lowest BCUT2D eigenvalue weighted by Gasteiger charge is -2.06. The number of carbonyl (C=O) groups is 2. The first-order chi connectivity index (χ1) is 14.6. The second kappa shape index (κ2) is 9.15. The highest BCUT2D eigenvalue weighted by molar-refractivity contribution is 7.90. The molecule has 31 heavy (non-hydrogen) atoms. The minimum atomic E-state index is -3.39. The van der Waals surface area contributed by atoms with Crippen molar-refractivity contribution in [2.45, 2.75) is 38.6 Å². The molecule has 9 heteroatoms. The monoisotopic (exact) mass is 460 g/mol. The molecule has 1 heterocycles. The Balaban J connectivity index is 2.07. The van der Waals surface area contributed by atoms with E-state index in [1.54, 1.807) is 17.6 Å². The second-order valence-electron chi connectivity index (χ2n) is 7.29. The number of hydrogen-bond acceptors (Lipinski definition) is 6. The molecule has 0 N–H and O–H groups in total. The lowest BCUT2D eigenvalue weighted by molar-refractivity contribution is -0.143. The minimum absolute atomic E-state index is 0.123. The Kier molecular flexibility index (Phi) is 6.76. The largest absolute Gasteiger partial charge is 0.465 e. The number of thiazole rings is 1. The van der Waals surface area contributed by atoms with Crippen molar-refractivity contribution >= 4 is 43.3 Å². The first kappa shape index (κ1) is 22.9. The third kappa shape index (κ3) is 5.48. The highest BCUT2D eigenvalue weighted by Gasteiger charge is 2.15. The van der Waals surface area contributed by atoms with E-state index in [1.165, 1.54) is 12.1 Å². The van der Waals surface area contributed by atoms with Gasteiger partial charge in [-0.2, -0.15) is 4.99 Å². The summed E-state index contributed by atoms with van der Waals surface area (Å²) in [5.41, 5.74) is 3.63. The first-order valence-corrected chi connectivity index (χ1v) is 12.4. The molecule has 0 aliphatic rings. The van der Waals surface area contributed by atoms with Crippen molar-refractivity contribution in [3.63, 3.8) is 0 Å². The molecule has 0 saturated heterocycles. The highest BCUT2D eigenvalue weighted by atomic mass is 32.2. The van der Waals surface area contributed by atoms with Crippen LogP contribution in [-0.2, 0) is 37.1 Å². The van der Waals surface area contributed by atoms with Gasteiger partial charge in [-0.15, -0.1) is 0 Å². The molecule has 0 radical (unpaired) electrons. The van der Waals surface area contributed by atoms with Crippen molar-refractivity contribution in [1.29, 1.82) is 0 Å². The summed E-state index contributed by atoms with van der Waals surface area (Å²) in [6, 6.07) is 10.5. The predicted octanol–water partition coefficient (Wildman–Crippen LogP) is 2.96. The van der Waals surface area contributed by atoms with Crippen LogP contribution in [0, 0.1) is 13.8 Å². The van der Waals surface area contributed by atoms with Gasteiger partial charge >= 0.3 is 5.97 Å². The molecule has 3 rings (SSSR count). The van der Waals surface area contributed by atoms with E-state index < -0.39 is 15.8 Å². The Morgan fingerprint density at radius 3 is 2.52 bits per heavy atom. The smallest absolute Gasteiger partial charge is 0.326 e. The summed E-state index contributed by atoms with van der Waals surface area (Å²) in [7, 11) is -3.39. The van der Waals surface area contributed by atoms with Gasteiger partial charge < -0.3 is 9.30 Å². The van der Waals surface area contributed by atoms with Gasteiger partial charge in [-0.3, -0.25) is 9.59 Å². The molecule has 0 fully saturated rings. The average Bonchev–Trinajstić information content (AvgIpc) is 3.00. The number of ether oxygens (including phenoxy) is 1. The Hall–Kier alpha value is -2.78. The molecular formula is C22H24N2O5S2. The molecule has 0 spiro atoms. The van der Waals surface area contributed by atoms with Gasteiger partial charge in [0.15, 0.2) is 14.6 Å². The van der Waals surface area contributed by atoms with Gasteiger partial charge in [-0.1, -0.05) is 35.1 Å². The van der Waals surface area contributed by atoms with Gasteiger partial charge in [0, 0.05) is 6.26 Å². The van der Waals surface area contributed by atoms with Gasteiger partial charge in [0.2, 0.25) is 0 Å². The number of esters is 1. The molecule has 0 atom stereocenters. The molecular weight excluding hydrogens is 436 g/mol. The predicted molar refractivity (Wildman–Crippen MR) is 120 cm³/mol. The number of hydrogen-bond donors (Lipinski definition) is 0. The molecule has 1 amide bonds. The van der Waals surface area contributed by atoms with Crippen molar-refractivity contribution in [3.8, 4) is 0 Å². The van der Waals surface area contributed by atoms with Crippen LogP contribution in [0.15, 0.2) is 46.3 Å². The maximum Gasteiger partial charge on any atom is 0.326 e. The molecule has 0 aliphatic carbocycles. The zero-order valence-corrected chi connectivity index (χ0v) is 19.5. The lowest BCUT2D eigenvalue weighted by atomic mass is 10.0. The number of nitrogens with zero attached hydrogens (tertiary/aromatic N) is 2. The van der Waals surface area contributed by atoms with Crippen molar-refractivity contribution in [3.05, 3.63) is 57.9 Å². The summed E-state index contributed by atoms with van der Waals surface area (Å²) >= 11 is 1.16. The molecule has 2 aromatic carbocycles. The van der Waals surface area contributed by atoms with E-state index in [2.05, 4.69) is 4.99 Å². The number of fused-ring (bicyclic) bond motifs is 1. The van der Waals surface area contributed by atoms with Crippen LogP contribution in [0.5, 0.6) is 0 Å². The second-order valence-corrected chi connectivity index (χ2v) is 10.3. The van der Waals surface area contributed by atoms with Crippen LogP contribution in [0.1, 0.15) is 23.6 Å². The number of sulfone groups is 1. The molecule has 164 valence electrons. The van der Waals surface area contributed by atoms with Crippen molar-refractivity contribution < 1.29 is 22.7 Å². The quantitative estimate of drug-likeness (QED) is 0.527. The van der Waals surface area contributed by atoms with Crippen LogP contribution in [0.4, 0.5) is 0 Å². The third-order valence-corrected chi connectivity index (χ3v) is 6.89. The fourth-order valence-corrected chi connectivity index (χ4v) is 5.02. The van der Waals surface area contributed by atoms with E-state index in [4.69, 9.17) is 4.74 Å². The molecule has 3 aromatic rings. The van der Waals surface area contributed by atoms with Gasteiger partial charge in [0.1, 0.15) is 6.54 Å². The molecule has 1 aromatic heterocycles. The number of aromatic nitrogens is 1. The molecule has 0 saturated carbocycles. The molecule has 0 unspecified atom stereocenters. The van der Waals surface area contributed by atoms with Crippen LogP contribution < -0.4 is 4.80 Å². The number of amides is 1. The maximum absolute atomic E-state index is 12.7. The molecule has 0 aliphatic heterocycles. The summed E-state index contributed by atoms with van der Waals surface area (Å²) in [6.07, 6.45) is 1.27. The summed E-state index contributed by atoms with van der Waals surface area (Å²) in [4.78, 5) is 29.6. The zero-order chi connectivity index (χ0) is 22.8. The van der Waals surface area contributed by atoms with Gasteiger partial charge in [0.05, 0.1) is 28.1 Å². The number of aryl methyl sites for hydroxylation is 2. The fraction of sp³-hybridized carbons (Fsp3) is 0.318. The van der Waals surface area contributed by atoms with Crippen molar-refractivity contribution in [2.24, 2.45) is 4.99 Å².